The molecule has 3 rings (SSSR count). The van der Waals surface area contributed by atoms with E-state index in [1.165, 1.54) is 16.8 Å². The highest BCUT2D eigenvalue weighted by Crippen LogP contribution is 2.35. The predicted molar refractivity (Wildman–Crippen MR) is 118 cm³/mol. The Morgan fingerprint density at radius 2 is 1.81 bits per heavy atom. The Labute approximate surface area is 187 Å². The average Bonchev–Trinajstić information content (AvgIpc) is 3.03. The van der Waals surface area contributed by atoms with Crippen molar-refractivity contribution in [2.75, 3.05) is 0 Å². The number of nitrogens with zero attached hydrogens (tertiary/aromatic N) is 3. The number of hydrogen-bond acceptors (Lipinski definition) is 5. The number of hydrazone groups is 1. The maximum atomic E-state index is 12.2. The molecule has 2 aromatic carbocycles. The van der Waals surface area contributed by atoms with Gasteiger partial charge < -0.3 is 10.2 Å². The minimum absolute atomic E-state index is 0.0133. The molecule has 0 radical (unpaired) electrons. The normalized spacial score (nSPS) is 11.4. The number of carboxylic acid groups (broad SMARTS) is 1. The second kappa shape index (κ2) is 9.20. The summed E-state index contributed by atoms with van der Waals surface area (Å²) in [5.74, 6) is -1.55. The maximum Gasteiger partial charge on any atom is 0.335 e. The van der Waals surface area contributed by atoms with Crippen LogP contribution in [0.3, 0.4) is 0 Å². The lowest BCUT2D eigenvalue weighted by atomic mass is 10.1. The summed E-state index contributed by atoms with van der Waals surface area (Å²) in [5.41, 5.74) is 4.74. The van der Waals surface area contributed by atoms with E-state index < -0.39 is 11.9 Å². The van der Waals surface area contributed by atoms with Gasteiger partial charge in [-0.2, -0.15) is 10.2 Å². The molecular formula is C21H18Cl2N4O4. The molecule has 0 aliphatic heterocycles. The van der Waals surface area contributed by atoms with Crippen molar-refractivity contribution in [3.63, 3.8) is 0 Å². The van der Waals surface area contributed by atoms with E-state index >= 15 is 0 Å². The summed E-state index contributed by atoms with van der Waals surface area (Å²) in [6, 6.07) is 10.9. The molecular weight excluding hydrogens is 443 g/mol. The van der Waals surface area contributed by atoms with Gasteiger partial charge in [0.15, 0.2) is 11.4 Å². The van der Waals surface area contributed by atoms with E-state index in [0.717, 1.165) is 0 Å². The topological polar surface area (TPSA) is 117 Å². The standard InChI is InChI=1S/C21H18Cl2N4O4/c1-11(24-25-17(28)9-12-3-5-13(6-4-12)21(30)31)18-20(29)19(27(2)26-18)14-7-8-15(22)16(23)10-14/h3-8,10,29H,9H2,1-2H3,(H,25,28)(H,30,31). The summed E-state index contributed by atoms with van der Waals surface area (Å²) in [5, 5.41) is 28.6. The van der Waals surface area contributed by atoms with Crippen molar-refractivity contribution in [1.29, 1.82) is 0 Å². The molecule has 1 heterocycles. The Kier molecular flexibility index (Phi) is 6.62. The van der Waals surface area contributed by atoms with Crippen LogP contribution in [0, 0.1) is 0 Å². The number of nitrogens with one attached hydrogen (secondary N) is 1. The van der Waals surface area contributed by atoms with Crippen LogP contribution in [0.25, 0.3) is 11.3 Å². The van der Waals surface area contributed by atoms with Gasteiger partial charge in [0.25, 0.3) is 0 Å². The SMILES string of the molecule is CC(=NNC(=O)Cc1ccc(C(=O)O)cc1)c1nn(C)c(-c2ccc(Cl)c(Cl)c2)c1O. The van der Waals surface area contributed by atoms with E-state index in [-0.39, 0.29) is 23.4 Å². The van der Waals surface area contributed by atoms with Crippen LogP contribution in [0.4, 0.5) is 0 Å². The molecule has 0 spiro atoms. The monoisotopic (exact) mass is 460 g/mol. The molecule has 3 N–H and O–H groups in total. The van der Waals surface area contributed by atoms with Crippen molar-refractivity contribution >= 4 is 40.8 Å². The first kappa shape index (κ1) is 22.3. The minimum atomic E-state index is -1.04. The van der Waals surface area contributed by atoms with Gasteiger partial charge in [0.2, 0.25) is 5.91 Å². The van der Waals surface area contributed by atoms with Gasteiger partial charge in [-0.3, -0.25) is 9.48 Å². The summed E-state index contributed by atoms with van der Waals surface area (Å²) in [4.78, 5) is 23.0. The summed E-state index contributed by atoms with van der Waals surface area (Å²) in [7, 11) is 1.66. The van der Waals surface area contributed by atoms with Crippen molar-refractivity contribution in [3.8, 4) is 17.0 Å². The first-order chi connectivity index (χ1) is 14.7. The van der Waals surface area contributed by atoms with Crippen molar-refractivity contribution in [3.05, 3.63) is 69.3 Å². The molecule has 31 heavy (non-hydrogen) atoms. The summed E-state index contributed by atoms with van der Waals surface area (Å²) in [6.45, 7) is 1.60. The Balaban J connectivity index is 1.75. The first-order valence-electron chi connectivity index (χ1n) is 9.04. The average molecular weight is 461 g/mol. The number of aromatic carboxylic acids is 1. The van der Waals surface area contributed by atoms with Crippen LogP contribution in [-0.2, 0) is 18.3 Å². The van der Waals surface area contributed by atoms with Gasteiger partial charge in [-0.15, -0.1) is 0 Å². The summed E-state index contributed by atoms with van der Waals surface area (Å²) < 4.78 is 1.48. The fourth-order valence-electron chi connectivity index (χ4n) is 2.91. The number of aromatic nitrogens is 2. The highest BCUT2D eigenvalue weighted by Gasteiger charge is 2.20. The van der Waals surface area contributed by atoms with Gasteiger partial charge in [-0.1, -0.05) is 41.4 Å². The number of carboxylic acids is 1. The van der Waals surface area contributed by atoms with Crippen molar-refractivity contribution in [2.24, 2.45) is 12.1 Å². The molecule has 3 aromatic rings. The lowest BCUT2D eigenvalue weighted by Gasteiger charge is -2.05. The largest absolute Gasteiger partial charge is 0.504 e. The van der Waals surface area contributed by atoms with Crippen molar-refractivity contribution in [1.82, 2.24) is 15.2 Å². The Bertz CT molecular complexity index is 1190. The van der Waals surface area contributed by atoms with E-state index in [4.69, 9.17) is 28.3 Å². The fourth-order valence-corrected chi connectivity index (χ4v) is 3.21. The molecule has 0 unspecified atom stereocenters. The minimum Gasteiger partial charge on any atom is -0.504 e. The summed E-state index contributed by atoms with van der Waals surface area (Å²) >= 11 is 12.0. The highest BCUT2D eigenvalue weighted by atomic mass is 35.5. The lowest BCUT2D eigenvalue weighted by Crippen LogP contribution is -2.21. The van der Waals surface area contributed by atoms with Crippen LogP contribution in [0.5, 0.6) is 5.75 Å². The molecule has 0 saturated carbocycles. The van der Waals surface area contributed by atoms with Crippen LogP contribution in [0.2, 0.25) is 10.0 Å². The predicted octanol–water partition coefficient (Wildman–Crippen LogP) is 3.88. The number of carbonyl (C=O) groups is 2. The maximum absolute atomic E-state index is 12.2. The Morgan fingerprint density at radius 1 is 1.13 bits per heavy atom. The lowest BCUT2D eigenvalue weighted by molar-refractivity contribution is -0.120. The van der Waals surface area contributed by atoms with E-state index in [2.05, 4.69) is 15.6 Å². The van der Waals surface area contributed by atoms with Crippen LogP contribution >= 0.6 is 23.2 Å². The Hall–Kier alpha value is -3.36. The third-order valence-electron chi connectivity index (χ3n) is 4.47. The molecule has 0 fully saturated rings. The number of benzene rings is 2. The van der Waals surface area contributed by atoms with Crippen molar-refractivity contribution < 1.29 is 19.8 Å². The molecule has 0 saturated heterocycles. The molecule has 0 aliphatic carbocycles. The molecule has 160 valence electrons. The van der Waals surface area contributed by atoms with Gasteiger partial charge >= 0.3 is 5.97 Å². The molecule has 1 amide bonds. The first-order valence-corrected chi connectivity index (χ1v) is 9.80. The van der Waals surface area contributed by atoms with Crippen LogP contribution in [0.15, 0.2) is 47.6 Å². The number of carbonyl (C=O) groups excluding carboxylic acids is 1. The van der Waals surface area contributed by atoms with E-state index in [0.29, 0.717) is 32.6 Å². The highest BCUT2D eigenvalue weighted by molar-refractivity contribution is 6.42. The van der Waals surface area contributed by atoms with E-state index in [9.17, 15) is 14.7 Å². The number of halogens is 2. The van der Waals surface area contributed by atoms with Crippen molar-refractivity contribution in [2.45, 2.75) is 13.3 Å². The number of hydrogen-bond donors (Lipinski definition) is 3. The van der Waals surface area contributed by atoms with Crippen LogP contribution in [-0.4, -0.2) is 37.6 Å². The molecule has 0 bridgehead atoms. The molecule has 0 aliphatic rings. The van der Waals surface area contributed by atoms with E-state index in [1.54, 1.807) is 44.3 Å². The third kappa shape index (κ3) is 5.04. The molecule has 8 nitrogen and oxygen atoms in total. The number of aryl methyl sites for hydroxylation is 1. The Morgan fingerprint density at radius 3 is 2.42 bits per heavy atom. The second-order valence-corrected chi connectivity index (χ2v) is 7.52. The second-order valence-electron chi connectivity index (χ2n) is 6.71. The van der Waals surface area contributed by atoms with Gasteiger partial charge in [0, 0.05) is 12.6 Å². The fraction of sp³-hybridized carbons (Fsp3) is 0.143. The van der Waals surface area contributed by atoms with Gasteiger partial charge in [0.1, 0.15) is 5.69 Å². The third-order valence-corrected chi connectivity index (χ3v) is 5.21. The van der Waals surface area contributed by atoms with E-state index in [1.807, 2.05) is 0 Å². The van der Waals surface area contributed by atoms with Crippen LogP contribution in [0.1, 0.15) is 28.5 Å². The molecule has 10 heteroatoms. The molecule has 0 atom stereocenters. The summed E-state index contributed by atoms with van der Waals surface area (Å²) in [6.07, 6.45) is 0.0133. The smallest absolute Gasteiger partial charge is 0.335 e. The van der Waals surface area contributed by atoms with Crippen LogP contribution < -0.4 is 5.43 Å². The van der Waals surface area contributed by atoms with Gasteiger partial charge in [-0.25, -0.2) is 10.2 Å². The zero-order valence-electron chi connectivity index (χ0n) is 16.6. The number of aromatic hydroxyl groups is 1. The number of amides is 1. The van der Waals surface area contributed by atoms with Gasteiger partial charge in [-0.05, 0) is 36.8 Å². The zero-order chi connectivity index (χ0) is 22.7. The zero-order valence-corrected chi connectivity index (χ0v) is 18.1. The molecule has 1 aromatic heterocycles. The van der Waals surface area contributed by atoms with Gasteiger partial charge in [0.05, 0.1) is 27.7 Å². The quantitative estimate of drug-likeness (QED) is 0.381. The number of rotatable bonds is 6.